The molecule has 2 aromatic rings. The van der Waals surface area contributed by atoms with Crippen molar-refractivity contribution in [2.45, 2.75) is 43.2 Å². The van der Waals surface area contributed by atoms with Gasteiger partial charge in [0, 0.05) is 6.07 Å². The summed E-state index contributed by atoms with van der Waals surface area (Å²) in [6, 6.07) is 14.0. The lowest BCUT2D eigenvalue weighted by molar-refractivity contribution is -0.277. The molecule has 1 saturated heterocycles. The second-order valence-electron chi connectivity index (χ2n) is 7.12. The number of rotatable bonds is 4. The number of ether oxygens (including phenoxy) is 3. The van der Waals surface area contributed by atoms with Crippen LogP contribution in [0, 0.1) is 0 Å². The van der Waals surface area contributed by atoms with Crippen molar-refractivity contribution in [2.75, 3.05) is 6.61 Å². The van der Waals surface area contributed by atoms with Crippen LogP contribution < -0.4 is 9.47 Å². The summed E-state index contributed by atoms with van der Waals surface area (Å²) in [5.41, 5.74) is 1.31. The minimum atomic E-state index is -1.54. The van der Waals surface area contributed by atoms with E-state index in [0.717, 1.165) is 5.56 Å². The molecule has 0 saturated carbocycles. The number of benzene rings is 2. The minimum absolute atomic E-state index is 0.0560. The zero-order valence-electron chi connectivity index (χ0n) is 15.4. The molecule has 0 radical (unpaired) electrons. The van der Waals surface area contributed by atoms with Gasteiger partial charge in [0.25, 0.3) is 0 Å². The van der Waals surface area contributed by atoms with E-state index in [1.165, 1.54) is 12.1 Å². The summed E-state index contributed by atoms with van der Waals surface area (Å²) in [6.07, 6.45) is -7.11. The first-order valence-corrected chi connectivity index (χ1v) is 9.34. The third-order valence-corrected chi connectivity index (χ3v) is 5.17. The fraction of sp³-hybridized carbons (Fsp3) is 0.381. The molecule has 29 heavy (non-hydrogen) atoms. The van der Waals surface area contributed by atoms with Gasteiger partial charge in [0.05, 0.1) is 18.6 Å². The molecular weight excluding hydrogens is 380 g/mol. The molecule has 2 heterocycles. The van der Waals surface area contributed by atoms with E-state index in [-0.39, 0.29) is 18.0 Å². The topological polar surface area (TPSA) is 126 Å². The predicted molar refractivity (Wildman–Crippen MR) is 99.6 cm³/mol. The van der Waals surface area contributed by atoms with E-state index in [9.17, 15) is 25.2 Å². The van der Waals surface area contributed by atoms with E-state index in [2.05, 4.69) is 0 Å². The van der Waals surface area contributed by atoms with E-state index in [4.69, 9.17) is 14.2 Å². The van der Waals surface area contributed by atoms with Crippen LogP contribution in [-0.2, 0) is 4.74 Å². The highest BCUT2D eigenvalue weighted by Crippen LogP contribution is 2.37. The zero-order chi connectivity index (χ0) is 20.5. The molecule has 0 amide bonds. The fourth-order valence-electron chi connectivity index (χ4n) is 3.53. The van der Waals surface area contributed by atoms with Crippen molar-refractivity contribution in [1.29, 1.82) is 0 Å². The Balaban J connectivity index is 1.54. The summed E-state index contributed by atoms with van der Waals surface area (Å²) >= 11 is 0. The maximum absolute atomic E-state index is 12.5. The molecular formula is C21H22O8. The Morgan fingerprint density at radius 1 is 1.00 bits per heavy atom. The van der Waals surface area contributed by atoms with Gasteiger partial charge in [-0.15, -0.1) is 0 Å². The van der Waals surface area contributed by atoms with Crippen LogP contribution in [0.15, 0.2) is 48.5 Å². The SMILES string of the molecule is O=C1CC(c2ccccc2)Oc2cc(OC3O[C@H](CO)[C@@H](O)[C@H](O)[C@H]3O)ccc21. The van der Waals surface area contributed by atoms with Crippen LogP contribution in [0.25, 0.3) is 0 Å². The van der Waals surface area contributed by atoms with Crippen molar-refractivity contribution in [1.82, 2.24) is 0 Å². The molecule has 2 unspecified atom stereocenters. The molecule has 2 aliphatic heterocycles. The van der Waals surface area contributed by atoms with E-state index in [0.29, 0.717) is 11.3 Å². The highest BCUT2D eigenvalue weighted by molar-refractivity contribution is 6.00. The lowest BCUT2D eigenvalue weighted by atomic mass is 9.96. The molecule has 0 aliphatic carbocycles. The predicted octanol–water partition coefficient (Wildman–Crippen LogP) is 0.572. The second kappa shape index (κ2) is 8.10. The summed E-state index contributed by atoms with van der Waals surface area (Å²) < 4.78 is 17.0. The Bertz CT molecular complexity index is 868. The van der Waals surface area contributed by atoms with Crippen molar-refractivity contribution < 1.29 is 39.4 Å². The van der Waals surface area contributed by atoms with Crippen molar-refractivity contribution in [3.05, 3.63) is 59.7 Å². The highest BCUT2D eigenvalue weighted by atomic mass is 16.7. The molecule has 6 atom stereocenters. The molecule has 2 aromatic carbocycles. The van der Waals surface area contributed by atoms with Crippen LogP contribution in [0.5, 0.6) is 11.5 Å². The number of carbonyl (C=O) groups is 1. The Morgan fingerprint density at radius 2 is 1.76 bits per heavy atom. The number of Topliss-reactive ketones (excluding diaryl/α,β-unsaturated/α-hetero) is 1. The number of fused-ring (bicyclic) bond motifs is 1. The molecule has 0 aromatic heterocycles. The molecule has 154 valence electrons. The molecule has 2 aliphatic rings. The first-order valence-electron chi connectivity index (χ1n) is 9.34. The normalized spacial score (nSPS) is 31.7. The van der Waals surface area contributed by atoms with Crippen molar-refractivity contribution in [2.24, 2.45) is 0 Å². The molecule has 1 fully saturated rings. The molecule has 8 heteroatoms. The monoisotopic (exact) mass is 402 g/mol. The van der Waals surface area contributed by atoms with Gasteiger partial charge in [0.15, 0.2) is 5.78 Å². The Hall–Kier alpha value is -2.49. The third kappa shape index (κ3) is 3.85. The van der Waals surface area contributed by atoms with E-state index in [1.807, 2.05) is 30.3 Å². The fourth-order valence-corrected chi connectivity index (χ4v) is 3.53. The number of aliphatic hydroxyl groups excluding tert-OH is 4. The van der Waals surface area contributed by atoms with Gasteiger partial charge in [0.1, 0.15) is 42.0 Å². The average molecular weight is 402 g/mol. The first kappa shape index (κ1) is 19.8. The quantitative estimate of drug-likeness (QED) is 0.585. The third-order valence-electron chi connectivity index (χ3n) is 5.17. The van der Waals surface area contributed by atoms with Crippen LogP contribution in [0.3, 0.4) is 0 Å². The van der Waals surface area contributed by atoms with Crippen molar-refractivity contribution in [3.8, 4) is 11.5 Å². The molecule has 4 rings (SSSR count). The van der Waals surface area contributed by atoms with Gasteiger partial charge in [0.2, 0.25) is 6.29 Å². The first-order chi connectivity index (χ1) is 14.0. The van der Waals surface area contributed by atoms with Crippen molar-refractivity contribution in [3.63, 3.8) is 0 Å². The summed E-state index contributed by atoms with van der Waals surface area (Å²) in [5, 5.41) is 39.2. The summed E-state index contributed by atoms with van der Waals surface area (Å²) in [5.74, 6) is 0.534. The Labute approximate surface area is 166 Å². The van der Waals surface area contributed by atoms with Crippen LogP contribution in [-0.4, -0.2) is 63.5 Å². The van der Waals surface area contributed by atoms with Crippen LogP contribution in [0.4, 0.5) is 0 Å². The largest absolute Gasteiger partial charge is 0.484 e. The van der Waals surface area contributed by atoms with Gasteiger partial charge in [-0.3, -0.25) is 4.79 Å². The Morgan fingerprint density at radius 3 is 2.48 bits per heavy atom. The van der Waals surface area contributed by atoms with Crippen LogP contribution in [0.2, 0.25) is 0 Å². The lowest BCUT2D eigenvalue weighted by Crippen LogP contribution is -2.60. The van der Waals surface area contributed by atoms with Crippen LogP contribution >= 0.6 is 0 Å². The van der Waals surface area contributed by atoms with Gasteiger partial charge in [-0.05, 0) is 17.7 Å². The molecule has 0 spiro atoms. The van der Waals surface area contributed by atoms with Gasteiger partial charge in [-0.1, -0.05) is 30.3 Å². The van der Waals surface area contributed by atoms with Gasteiger partial charge in [-0.25, -0.2) is 0 Å². The van der Waals surface area contributed by atoms with Crippen LogP contribution in [0.1, 0.15) is 28.4 Å². The molecule has 0 bridgehead atoms. The lowest BCUT2D eigenvalue weighted by Gasteiger charge is -2.39. The number of hydrogen-bond donors (Lipinski definition) is 4. The number of hydrogen-bond acceptors (Lipinski definition) is 8. The van der Waals surface area contributed by atoms with Gasteiger partial charge < -0.3 is 34.6 Å². The van der Waals surface area contributed by atoms with Crippen molar-refractivity contribution >= 4 is 5.78 Å². The second-order valence-corrected chi connectivity index (χ2v) is 7.12. The molecule has 8 nitrogen and oxygen atoms in total. The highest BCUT2D eigenvalue weighted by Gasteiger charge is 2.44. The standard InChI is InChI=1S/C21H22O8/c22-10-17-18(24)19(25)20(26)21(29-17)27-12-6-7-13-14(23)9-15(28-16(13)8-12)11-4-2-1-3-5-11/h1-8,15,17-22,24-26H,9-10H2/t15?,17-,18-,19+,20-,21?/m1/s1. The summed E-state index contributed by atoms with van der Waals surface area (Å²) in [7, 11) is 0. The number of ketones is 1. The van der Waals surface area contributed by atoms with E-state index >= 15 is 0 Å². The van der Waals surface area contributed by atoms with Gasteiger partial charge >= 0.3 is 0 Å². The molecule has 4 N–H and O–H groups in total. The maximum Gasteiger partial charge on any atom is 0.229 e. The summed E-state index contributed by atoms with van der Waals surface area (Å²) in [4.78, 5) is 12.5. The smallest absolute Gasteiger partial charge is 0.229 e. The minimum Gasteiger partial charge on any atom is -0.484 e. The Kier molecular flexibility index (Phi) is 5.53. The van der Waals surface area contributed by atoms with E-state index < -0.39 is 43.4 Å². The van der Waals surface area contributed by atoms with Gasteiger partial charge in [-0.2, -0.15) is 0 Å². The average Bonchev–Trinajstić information content (AvgIpc) is 2.74. The maximum atomic E-state index is 12.5. The summed E-state index contributed by atoms with van der Waals surface area (Å²) in [6.45, 7) is -0.550. The zero-order valence-corrected chi connectivity index (χ0v) is 15.4. The number of aliphatic hydroxyl groups is 4. The van der Waals surface area contributed by atoms with E-state index in [1.54, 1.807) is 6.07 Å². The number of carbonyl (C=O) groups excluding carboxylic acids is 1.